The third-order valence-corrected chi connectivity index (χ3v) is 3.81. The molecule has 2 aromatic rings. The number of aliphatic carboxylic acids is 1. The summed E-state index contributed by atoms with van der Waals surface area (Å²) >= 11 is 0. The van der Waals surface area contributed by atoms with Crippen molar-refractivity contribution in [3.63, 3.8) is 0 Å². The zero-order chi connectivity index (χ0) is 18.9. The second-order valence-corrected chi connectivity index (χ2v) is 5.21. The van der Waals surface area contributed by atoms with Crippen LogP contribution < -0.4 is 4.74 Å². The van der Waals surface area contributed by atoms with Crippen LogP contribution in [0.4, 0.5) is 5.69 Å². The number of nitro benzene ring substituents is 1. The number of nitro groups is 1. The maximum absolute atomic E-state index is 12.3. The number of hydrogen-bond donors (Lipinski definition) is 1. The summed E-state index contributed by atoms with van der Waals surface area (Å²) in [6.07, 6.45) is 2.04. The molecule has 0 bridgehead atoms. The van der Waals surface area contributed by atoms with Gasteiger partial charge in [-0.2, -0.15) is 0 Å². The number of carbonyl (C=O) groups is 2. The van der Waals surface area contributed by atoms with E-state index in [1.54, 1.807) is 20.0 Å². The number of benzene rings is 1. The monoisotopic (exact) mass is 348 g/mol. The van der Waals surface area contributed by atoms with Crippen LogP contribution in [0, 0.1) is 17.0 Å². The van der Waals surface area contributed by atoms with Crippen LogP contribution in [0.5, 0.6) is 5.75 Å². The highest BCUT2D eigenvalue weighted by Crippen LogP contribution is 2.42. The lowest BCUT2D eigenvalue weighted by Crippen LogP contribution is -2.05. The third kappa shape index (κ3) is 2.91. The van der Waals surface area contributed by atoms with Gasteiger partial charge in [-0.15, -0.1) is 0 Å². The van der Waals surface area contributed by atoms with Gasteiger partial charge in [-0.05, 0) is 19.1 Å². The number of aryl methyl sites for hydroxylation is 2. The molecule has 0 amide bonds. The van der Waals surface area contributed by atoms with Gasteiger partial charge in [-0.25, -0.2) is 9.59 Å². The molecule has 0 aliphatic carbocycles. The molecule has 25 heavy (non-hydrogen) atoms. The van der Waals surface area contributed by atoms with Gasteiger partial charge < -0.3 is 19.1 Å². The normalized spacial score (nSPS) is 11.0. The Morgan fingerprint density at radius 3 is 2.48 bits per heavy atom. The molecule has 0 saturated carbocycles. The second kappa shape index (κ2) is 6.63. The molecule has 9 heteroatoms. The Kier molecular flexibility index (Phi) is 4.77. The van der Waals surface area contributed by atoms with Gasteiger partial charge >= 0.3 is 17.6 Å². The van der Waals surface area contributed by atoms with Gasteiger partial charge in [0.2, 0.25) is 5.75 Å². The van der Waals surface area contributed by atoms with Gasteiger partial charge in [0.15, 0.2) is 0 Å². The molecule has 2 rings (SSSR count). The van der Waals surface area contributed by atoms with Crippen LogP contribution in [-0.2, 0) is 16.6 Å². The number of carboxylic acids is 1. The van der Waals surface area contributed by atoms with Gasteiger partial charge in [0, 0.05) is 18.7 Å². The predicted molar refractivity (Wildman–Crippen MR) is 88.9 cm³/mol. The smallest absolute Gasteiger partial charge is 0.340 e. The van der Waals surface area contributed by atoms with Gasteiger partial charge in [0.1, 0.15) is 0 Å². The lowest BCUT2D eigenvalue weighted by molar-refractivity contribution is -0.384. The molecular formula is C16H16N2O7. The number of fused-ring (bicyclic) bond motifs is 1. The van der Waals surface area contributed by atoms with Crippen molar-refractivity contribution in [2.75, 3.05) is 14.2 Å². The molecule has 1 aromatic carbocycles. The van der Waals surface area contributed by atoms with Gasteiger partial charge in [0.05, 0.1) is 41.3 Å². The van der Waals surface area contributed by atoms with E-state index in [-0.39, 0.29) is 28.1 Å². The topological polar surface area (TPSA) is 121 Å². The van der Waals surface area contributed by atoms with Crippen molar-refractivity contribution in [3.05, 3.63) is 39.1 Å². The van der Waals surface area contributed by atoms with E-state index in [9.17, 15) is 19.7 Å². The Balaban J connectivity index is 3.08. The number of methoxy groups -OCH3 is 2. The summed E-state index contributed by atoms with van der Waals surface area (Å²) in [5.41, 5.74) is 0.605. The Labute approximate surface area is 142 Å². The molecule has 132 valence electrons. The summed E-state index contributed by atoms with van der Waals surface area (Å²) in [6.45, 7) is 1.64. The molecule has 9 nitrogen and oxygen atoms in total. The van der Waals surface area contributed by atoms with E-state index in [1.165, 1.54) is 17.8 Å². The molecule has 0 aliphatic heterocycles. The van der Waals surface area contributed by atoms with Crippen molar-refractivity contribution in [1.29, 1.82) is 0 Å². The summed E-state index contributed by atoms with van der Waals surface area (Å²) in [4.78, 5) is 34.1. The maximum Gasteiger partial charge on any atom is 0.340 e. The molecule has 1 aromatic heterocycles. The van der Waals surface area contributed by atoms with Crippen LogP contribution in [0.2, 0.25) is 0 Å². The zero-order valence-corrected chi connectivity index (χ0v) is 14.0. The molecule has 1 heterocycles. The minimum absolute atomic E-state index is 0.0296. The zero-order valence-electron chi connectivity index (χ0n) is 14.0. The molecule has 0 fully saturated rings. The number of ether oxygens (including phenoxy) is 2. The van der Waals surface area contributed by atoms with Gasteiger partial charge in [0.25, 0.3) is 0 Å². The Hall–Kier alpha value is -3.36. The lowest BCUT2D eigenvalue weighted by Gasteiger charge is -2.08. The van der Waals surface area contributed by atoms with Crippen LogP contribution >= 0.6 is 0 Å². The molecule has 0 atom stereocenters. The first-order chi connectivity index (χ1) is 11.7. The minimum Gasteiger partial charge on any atom is -0.490 e. The van der Waals surface area contributed by atoms with E-state index in [1.807, 2.05) is 0 Å². The Morgan fingerprint density at radius 2 is 2.00 bits per heavy atom. The van der Waals surface area contributed by atoms with Crippen LogP contribution in [-0.4, -0.2) is 40.8 Å². The van der Waals surface area contributed by atoms with Crippen molar-refractivity contribution >= 4 is 34.6 Å². The van der Waals surface area contributed by atoms with Crippen LogP contribution in [0.3, 0.4) is 0 Å². The molecule has 0 aliphatic rings. The van der Waals surface area contributed by atoms with E-state index < -0.39 is 16.9 Å². The second-order valence-electron chi connectivity index (χ2n) is 5.21. The van der Waals surface area contributed by atoms with Gasteiger partial charge in [-0.3, -0.25) is 10.1 Å². The van der Waals surface area contributed by atoms with Gasteiger partial charge in [-0.1, -0.05) is 0 Å². The fourth-order valence-electron chi connectivity index (χ4n) is 2.79. The first-order valence-corrected chi connectivity index (χ1v) is 7.08. The fraction of sp³-hybridized carbons (Fsp3) is 0.250. The Bertz CT molecular complexity index is 925. The first kappa shape index (κ1) is 18.0. The highest BCUT2D eigenvalue weighted by Gasteiger charge is 2.31. The van der Waals surface area contributed by atoms with E-state index in [4.69, 9.17) is 14.6 Å². The maximum atomic E-state index is 12.3. The summed E-state index contributed by atoms with van der Waals surface area (Å²) in [5, 5.41) is 20.5. The highest BCUT2D eigenvalue weighted by molar-refractivity contribution is 6.12. The summed E-state index contributed by atoms with van der Waals surface area (Å²) in [6, 6.07) is 1.63. The van der Waals surface area contributed by atoms with Crippen molar-refractivity contribution in [3.8, 4) is 5.75 Å². The molecule has 0 spiro atoms. The Morgan fingerprint density at radius 1 is 1.36 bits per heavy atom. The van der Waals surface area contributed by atoms with Crippen molar-refractivity contribution in [1.82, 2.24) is 4.57 Å². The molecule has 0 radical (unpaired) electrons. The summed E-state index contributed by atoms with van der Waals surface area (Å²) in [5.74, 6) is -2.00. The summed E-state index contributed by atoms with van der Waals surface area (Å²) < 4.78 is 11.4. The van der Waals surface area contributed by atoms with E-state index in [2.05, 4.69) is 0 Å². The lowest BCUT2D eigenvalue weighted by atomic mass is 10.0. The number of rotatable bonds is 5. The van der Waals surface area contributed by atoms with Crippen molar-refractivity contribution in [2.24, 2.45) is 7.05 Å². The molecule has 0 saturated heterocycles. The molecule has 1 N–H and O–H groups in total. The van der Waals surface area contributed by atoms with Crippen molar-refractivity contribution in [2.45, 2.75) is 6.92 Å². The first-order valence-electron chi connectivity index (χ1n) is 7.08. The number of carbonyl (C=O) groups excluding carboxylic acids is 1. The SMILES string of the molecule is COC(=O)c1c(C=CC(=O)O)n(C)c2cc(C)c(OC)c([N+](=O)[O-])c12. The van der Waals surface area contributed by atoms with Crippen LogP contribution in [0.25, 0.3) is 17.0 Å². The number of hydrogen-bond acceptors (Lipinski definition) is 6. The fourth-order valence-corrected chi connectivity index (χ4v) is 2.79. The quantitative estimate of drug-likeness (QED) is 0.381. The minimum atomic E-state index is -1.22. The average Bonchev–Trinajstić information content (AvgIpc) is 2.82. The highest BCUT2D eigenvalue weighted by atomic mass is 16.6. The molecule has 0 unspecified atom stereocenters. The van der Waals surface area contributed by atoms with Crippen molar-refractivity contribution < 1.29 is 29.1 Å². The van der Waals surface area contributed by atoms with Crippen LogP contribution in [0.1, 0.15) is 21.6 Å². The summed E-state index contributed by atoms with van der Waals surface area (Å²) in [7, 11) is 4.02. The average molecular weight is 348 g/mol. The van der Waals surface area contributed by atoms with E-state index in [0.717, 1.165) is 13.2 Å². The number of aromatic nitrogens is 1. The number of nitrogens with zero attached hydrogens (tertiary/aromatic N) is 2. The number of carboxylic acid groups (broad SMARTS) is 1. The largest absolute Gasteiger partial charge is 0.490 e. The molecular weight excluding hydrogens is 332 g/mol. The van der Waals surface area contributed by atoms with E-state index >= 15 is 0 Å². The third-order valence-electron chi connectivity index (χ3n) is 3.81. The van der Waals surface area contributed by atoms with Crippen LogP contribution in [0.15, 0.2) is 12.1 Å². The standard InChI is InChI=1S/C16H16N2O7/c1-8-7-10-12(14(18(22)23)15(8)24-3)13(16(21)25-4)9(17(10)2)5-6-11(19)20/h5-7H,1-4H3,(H,19,20). The predicted octanol–water partition coefficient (Wildman–Crippen LogP) is 2.29. The van der Waals surface area contributed by atoms with E-state index in [0.29, 0.717) is 11.1 Å². The number of esters is 1.